The summed E-state index contributed by atoms with van der Waals surface area (Å²) in [5, 5.41) is 15.2. The van der Waals surface area contributed by atoms with Gasteiger partial charge in [-0.1, -0.05) is 11.6 Å². The van der Waals surface area contributed by atoms with Crippen molar-refractivity contribution < 1.29 is 4.79 Å². The smallest absolute Gasteiger partial charge is 0.259 e. The van der Waals surface area contributed by atoms with E-state index in [2.05, 4.69) is 35.6 Å². The molecule has 0 aliphatic heterocycles. The third-order valence-corrected chi connectivity index (χ3v) is 3.99. The zero-order chi connectivity index (χ0) is 18.8. The number of hydrogen-bond acceptors (Lipinski definition) is 7. The molecule has 0 aliphatic carbocycles. The van der Waals surface area contributed by atoms with Crippen molar-refractivity contribution in [3.63, 3.8) is 0 Å². The molecule has 4 heterocycles. The highest BCUT2D eigenvalue weighted by Gasteiger charge is 2.17. The van der Waals surface area contributed by atoms with E-state index in [0.29, 0.717) is 33.6 Å². The lowest BCUT2D eigenvalue weighted by Gasteiger charge is -2.07. The number of carbonyl (C=O) groups excluding carboxylic acids is 1. The maximum absolute atomic E-state index is 12.6. The fraction of sp³-hybridized carbons (Fsp3) is 0.0625. The number of anilines is 1. The molecule has 0 unspecified atom stereocenters. The molecule has 27 heavy (non-hydrogen) atoms. The molecule has 134 valence electrons. The van der Waals surface area contributed by atoms with E-state index in [4.69, 9.17) is 11.6 Å². The first-order chi connectivity index (χ1) is 13.1. The van der Waals surface area contributed by atoms with Crippen LogP contribution in [0.2, 0.25) is 5.02 Å². The molecule has 10 nitrogen and oxygen atoms in total. The summed E-state index contributed by atoms with van der Waals surface area (Å²) in [6.45, 7) is 1.77. The zero-order valence-electron chi connectivity index (χ0n) is 14.0. The molecule has 0 spiro atoms. The van der Waals surface area contributed by atoms with Gasteiger partial charge in [-0.05, 0) is 13.0 Å². The van der Waals surface area contributed by atoms with Crippen molar-refractivity contribution in [3.8, 4) is 11.6 Å². The molecule has 0 radical (unpaired) electrons. The van der Waals surface area contributed by atoms with E-state index < -0.39 is 0 Å². The summed E-state index contributed by atoms with van der Waals surface area (Å²) in [7, 11) is 0. The van der Waals surface area contributed by atoms with Crippen molar-refractivity contribution in [1.82, 2.24) is 39.7 Å². The molecule has 0 aromatic carbocycles. The summed E-state index contributed by atoms with van der Waals surface area (Å²) in [4.78, 5) is 26.3. The number of amides is 1. The lowest BCUT2D eigenvalue weighted by Crippen LogP contribution is -2.14. The Morgan fingerprint density at radius 3 is 2.56 bits per heavy atom. The van der Waals surface area contributed by atoms with Crippen LogP contribution >= 0.6 is 11.6 Å². The third kappa shape index (κ3) is 3.25. The topological polar surface area (TPSA) is 116 Å². The van der Waals surface area contributed by atoms with Crippen LogP contribution in [0, 0.1) is 6.92 Å². The van der Waals surface area contributed by atoms with Gasteiger partial charge in [0.15, 0.2) is 11.6 Å². The van der Waals surface area contributed by atoms with Crippen LogP contribution in [0.15, 0.2) is 49.4 Å². The summed E-state index contributed by atoms with van der Waals surface area (Å²) in [5.41, 5.74) is 1.46. The Bertz CT molecular complexity index is 1090. The Morgan fingerprint density at radius 1 is 1.04 bits per heavy atom. The van der Waals surface area contributed by atoms with Gasteiger partial charge >= 0.3 is 0 Å². The first-order valence-electron chi connectivity index (χ1n) is 7.78. The van der Waals surface area contributed by atoms with Crippen LogP contribution in [0.4, 0.5) is 5.69 Å². The van der Waals surface area contributed by atoms with E-state index in [1.807, 2.05) is 0 Å². The number of halogens is 1. The molecule has 1 amide bonds. The quantitative estimate of drug-likeness (QED) is 0.573. The first kappa shape index (κ1) is 16.8. The van der Waals surface area contributed by atoms with E-state index in [9.17, 15) is 4.79 Å². The minimum absolute atomic E-state index is 0.302. The molecule has 4 aromatic heterocycles. The van der Waals surface area contributed by atoms with Gasteiger partial charge in [-0.3, -0.25) is 9.78 Å². The van der Waals surface area contributed by atoms with Crippen LogP contribution in [0.1, 0.15) is 16.1 Å². The molecular weight excluding hydrogens is 370 g/mol. The molecule has 0 saturated carbocycles. The van der Waals surface area contributed by atoms with Crippen molar-refractivity contribution in [3.05, 3.63) is 65.7 Å². The fourth-order valence-corrected chi connectivity index (χ4v) is 2.68. The van der Waals surface area contributed by atoms with Crippen LogP contribution in [0.3, 0.4) is 0 Å². The minimum Gasteiger partial charge on any atom is -0.320 e. The largest absolute Gasteiger partial charge is 0.320 e. The van der Waals surface area contributed by atoms with Gasteiger partial charge in [-0.25, -0.2) is 14.6 Å². The summed E-state index contributed by atoms with van der Waals surface area (Å²) >= 11 is 6.22. The SMILES string of the molecule is Cc1c(C(=O)Nc2cnc(-n3nccn3)c(Cl)c2)cnn1-c1cnccn1. The summed E-state index contributed by atoms with van der Waals surface area (Å²) in [6.07, 6.45) is 10.7. The van der Waals surface area contributed by atoms with Crippen LogP contribution < -0.4 is 5.32 Å². The number of rotatable bonds is 4. The van der Waals surface area contributed by atoms with E-state index in [1.54, 1.807) is 36.3 Å². The summed E-state index contributed by atoms with van der Waals surface area (Å²) in [6, 6.07) is 1.58. The van der Waals surface area contributed by atoms with E-state index in [-0.39, 0.29) is 5.91 Å². The maximum Gasteiger partial charge on any atom is 0.259 e. The van der Waals surface area contributed by atoms with Crippen molar-refractivity contribution >= 4 is 23.2 Å². The van der Waals surface area contributed by atoms with E-state index in [1.165, 1.54) is 29.6 Å². The highest BCUT2D eigenvalue weighted by atomic mass is 35.5. The second-order valence-corrected chi connectivity index (χ2v) is 5.83. The number of aromatic nitrogens is 8. The molecule has 4 aromatic rings. The number of carbonyl (C=O) groups is 1. The Morgan fingerprint density at radius 2 is 1.85 bits per heavy atom. The predicted molar refractivity (Wildman–Crippen MR) is 96.0 cm³/mol. The van der Waals surface area contributed by atoms with Crippen LogP contribution in [0.25, 0.3) is 11.6 Å². The Balaban J connectivity index is 1.56. The minimum atomic E-state index is -0.342. The fourth-order valence-electron chi connectivity index (χ4n) is 2.43. The van der Waals surface area contributed by atoms with Crippen LogP contribution in [0.5, 0.6) is 0 Å². The monoisotopic (exact) mass is 381 g/mol. The Labute approximate surface area is 157 Å². The third-order valence-electron chi connectivity index (χ3n) is 3.71. The zero-order valence-corrected chi connectivity index (χ0v) is 14.7. The van der Waals surface area contributed by atoms with Crippen molar-refractivity contribution in [1.29, 1.82) is 0 Å². The standard InChI is InChI=1S/C16H12ClN9O/c1-10-12(8-23-25(10)14-9-18-2-3-19-14)16(27)24-11-6-13(17)15(20-7-11)26-21-4-5-22-26/h2-9H,1H3,(H,24,27). The maximum atomic E-state index is 12.6. The number of pyridine rings is 1. The van der Waals surface area contributed by atoms with Gasteiger partial charge in [-0.15, -0.1) is 4.80 Å². The van der Waals surface area contributed by atoms with Gasteiger partial charge in [0.2, 0.25) is 0 Å². The van der Waals surface area contributed by atoms with Gasteiger partial charge in [0, 0.05) is 12.4 Å². The van der Waals surface area contributed by atoms with Crippen LogP contribution in [-0.2, 0) is 0 Å². The van der Waals surface area contributed by atoms with E-state index >= 15 is 0 Å². The average molecular weight is 382 g/mol. The second-order valence-electron chi connectivity index (χ2n) is 5.42. The second kappa shape index (κ2) is 6.92. The van der Waals surface area contributed by atoms with Crippen LogP contribution in [-0.4, -0.2) is 45.6 Å². The lowest BCUT2D eigenvalue weighted by atomic mass is 10.2. The van der Waals surface area contributed by atoms with Crippen molar-refractivity contribution in [2.45, 2.75) is 6.92 Å². The molecule has 0 atom stereocenters. The molecule has 0 fully saturated rings. The van der Waals surface area contributed by atoms with Crippen molar-refractivity contribution in [2.24, 2.45) is 0 Å². The highest BCUT2D eigenvalue weighted by molar-refractivity contribution is 6.32. The normalized spacial score (nSPS) is 10.7. The number of nitrogens with zero attached hydrogens (tertiary/aromatic N) is 8. The van der Waals surface area contributed by atoms with Gasteiger partial charge in [0.25, 0.3) is 5.91 Å². The van der Waals surface area contributed by atoms with Gasteiger partial charge < -0.3 is 5.32 Å². The number of hydrogen-bond donors (Lipinski definition) is 1. The Hall–Kier alpha value is -3.66. The van der Waals surface area contributed by atoms with E-state index in [0.717, 1.165) is 0 Å². The molecule has 4 rings (SSSR count). The van der Waals surface area contributed by atoms with Gasteiger partial charge in [0.1, 0.15) is 0 Å². The number of nitrogens with one attached hydrogen (secondary N) is 1. The molecule has 0 saturated heterocycles. The van der Waals surface area contributed by atoms with Crippen molar-refractivity contribution in [2.75, 3.05) is 5.32 Å². The van der Waals surface area contributed by atoms with Gasteiger partial charge in [-0.2, -0.15) is 15.3 Å². The summed E-state index contributed by atoms with van der Waals surface area (Å²) in [5.74, 6) is 0.548. The Kier molecular flexibility index (Phi) is 4.30. The molecular formula is C16H12ClN9O. The average Bonchev–Trinajstić information content (AvgIpc) is 3.32. The first-order valence-corrected chi connectivity index (χ1v) is 8.16. The predicted octanol–water partition coefficient (Wildman–Crippen LogP) is 1.85. The summed E-state index contributed by atoms with van der Waals surface area (Å²) < 4.78 is 1.54. The molecule has 1 N–H and O–H groups in total. The molecule has 0 aliphatic rings. The lowest BCUT2D eigenvalue weighted by molar-refractivity contribution is 0.102. The molecule has 0 bridgehead atoms. The molecule has 11 heteroatoms. The van der Waals surface area contributed by atoms with Gasteiger partial charge in [0.05, 0.1) is 53.0 Å². The highest BCUT2D eigenvalue weighted by Crippen LogP contribution is 2.21.